The van der Waals surface area contributed by atoms with E-state index in [0.29, 0.717) is 36.7 Å². The van der Waals surface area contributed by atoms with Crippen LogP contribution in [0.3, 0.4) is 0 Å². The summed E-state index contributed by atoms with van der Waals surface area (Å²) in [6, 6.07) is 16.4. The highest BCUT2D eigenvalue weighted by Crippen LogP contribution is 2.26. The second kappa shape index (κ2) is 8.23. The average Bonchev–Trinajstić information content (AvgIpc) is 2.69. The number of hydrogen-bond acceptors (Lipinski definition) is 3. The van der Waals surface area contributed by atoms with Crippen molar-refractivity contribution >= 4 is 21.6 Å². The lowest BCUT2D eigenvalue weighted by Gasteiger charge is -2.30. The van der Waals surface area contributed by atoms with Crippen molar-refractivity contribution in [2.45, 2.75) is 37.5 Å². The molecule has 0 saturated carbocycles. The number of carbonyl (C=O) groups excluding carboxylic acids is 1. The molecule has 1 heterocycles. The third-order valence-corrected chi connectivity index (χ3v) is 6.96. The van der Waals surface area contributed by atoms with Gasteiger partial charge in [0.2, 0.25) is 15.9 Å². The van der Waals surface area contributed by atoms with Gasteiger partial charge in [-0.2, -0.15) is 4.31 Å². The number of hydrogen-bond donors (Lipinski definition) is 1. The first kappa shape index (κ1) is 19.6. The van der Waals surface area contributed by atoms with Gasteiger partial charge in [0.05, 0.1) is 4.90 Å². The Balaban J connectivity index is 1.61. The monoisotopic (exact) mass is 386 g/mol. The second-order valence-corrected chi connectivity index (χ2v) is 9.20. The van der Waals surface area contributed by atoms with E-state index in [1.165, 1.54) is 4.31 Å². The van der Waals surface area contributed by atoms with E-state index >= 15 is 0 Å². The molecule has 0 aromatic heterocycles. The van der Waals surface area contributed by atoms with Crippen LogP contribution in [-0.4, -0.2) is 31.7 Å². The van der Waals surface area contributed by atoms with Crippen molar-refractivity contribution in [1.29, 1.82) is 0 Å². The zero-order chi connectivity index (χ0) is 19.4. The first-order chi connectivity index (χ1) is 12.9. The van der Waals surface area contributed by atoms with Gasteiger partial charge in [0.25, 0.3) is 0 Å². The van der Waals surface area contributed by atoms with Gasteiger partial charge in [0, 0.05) is 24.7 Å². The van der Waals surface area contributed by atoms with E-state index in [-0.39, 0.29) is 11.8 Å². The predicted octanol–water partition coefficient (Wildman–Crippen LogP) is 3.85. The predicted molar refractivity (Wildman–Crippen MR) is 107 cm³/mol. The summed E-state index contributed by atoms with van der Waals surface area (Å²) in [6.45, 7) is 4.88. The van der Waals surface area contributed by atoms with Gasteiger partial charge in [-0.15, -0.1) is 0 Å². The van der Waals surface area contributed by atoms with Crippen molar-refractivity contribution in [2.24, 2.45) is 5.92 Å². The Kier molecular flexibility index (Phi) is 5.97. The molecule has 0 radical (unpaired) electrons. The fourth-order valence-corrected chi connectivity index (χ4v) is 4.77. The first-order valence-electron chi connectivity index (χ1n) is 9.34. The topological polar surface area (TPSA) is 66.5 Å². The number of amides is 1. The van der Waals surface area contributed by atoms with Crippen LogP contribution in [0.4, 0.5) is 5.69 Å². The molecule has 144 valence electrons. The maximum absolute atomic E-state index is 12.9. The Morgan fingerprint density at radius 1 is 1.00 bits per heavy atom. The fourth-order valence-electron chi connectivity index (χ4n) is 3.30. The molecule has 1 N–H and O–H groups in total. The van der Waals surface area contributed by atoms with Crippen molar-refractivity contribution in [3.63, 3.8) is 0 Å². The third kappa shape index (κ3) is 4.57. The molecular weight excluding hydrogens is 360 g/mol. The maximum atomic E-state index is 12.9. The van der Waals surface area contributed by atoms with Gasteiger partial charge in [0.1, 0.15) is 0 Å². The van der Waals surface area contributed by atoms with Gasteiger partial charge in [-0.25, -0.2) is 8.42 Å². The molecule has 1 saturated heterocycles. The summed E-state index contributed by atoms with van der Waals surface area (Å²) in [7, 11) is -3.51. The molecule has 1 fully saturated rings. The van der Waals surface area contributed by atoms with Crippen LogP contribution < -0.4 is 5.32 Å². The van der Waals surface area contributed by atoms with Crippen molar-refractivity contribution in [1.82, 2.24) is 4.31 Å². The van der Waals surface area contributed by atoms with Crippen LogP contribution in [0.1, 0.15) is 38.2 Å². The molecular formula is C21H26N2O3S. The minimum Gasteiger partial charge on any atom is -0.326 e. The molecule has 3 rings (SSSR count). The fraction of sp³-hybridized carbons (Fsp3) is 0.381. The summed E-state index contributed by atoms with van der Waals surface area (Å²) in [4.78, 5) is 12.7. The van der Waals surface area contributed by atoms with Crippen molar-refractivity contribution in [2.75, 3.05) is 18.4 Å². The Hall–Kier alpha value is -2.18. The molecule has 2 aromatic rings. The number of piperidine rings is 1. The lowest BCUT2D eigenvalue weighted by atomic mass is 9.97. The quantitative estimate of drug-likeness (QED) is 0.849. The largest absolute Gasteiger partial charge is 0.326 e. The van der Waals surface area contributed by atoms with E-state index in [2.05, 4.69) is 19.2 Å². The summed E-state index contributed by atoms with van der Waals surface area (Å²) in [5.74, 6) is 0.153. The molecule has 1 amide bonds. The van der Waals surface area contributed by atoms with Gasteiger partial charge in [-0.05, 0) is 48.6 Å². The average molecular weight is 387 g/mol. The molecule has 0 aliphatic carbocycles. The molecule has 6 heteroatoms. The highest BCUT2D eigenvalue weighted by atomic mass is 32.2. The third-order valence-electron chi connectivity index (χ3n) is 5.05. The zero-order valence-corrected chi connectivity index (χ0v) is 16.6. The smallest absolute Gasteiger partial charge is 0.243 e. The summed E-state index contributed by atoms with van der Waals surface area (Å²) < 4.78 is 27.2. The van der Waals surface area contributed by atoms with Crippen LogP contribution in [0.5, 0.6) is 0 Å². The number of benzene rings is 2. The van der Waals surface area contributed by atoms with E-state index in [0.717, 1.165) is 11.3 Å². The van der Waals surface area contributed by atoms with Crippen LogP contribution in [0.2, 0.25) is 0 Å². The Bertz CT molecular complexity index is 869. The van der Waals surface area contributed by atoms with Crippen LogP contribution in [0.15, 0.2) is 59.5 Å². The molecule has 5 nitrogen and oxygen atoms in total. The van der Waals surface area contributed by atoms with Gasteiger partial charge in [0.15, 0.2) is 0 Å². The van der Waals surface area contributed by atoms with Crippen LogP contribution in [0, 0.1) is 5.92 Å². The summed E-state index contributed by atoms with van der Waals surface area (Å²) in [6.07, 6.45) is 1.06. The summed E-state index contributed by atoms with van der Waals surface area (Å²) in [5.41, 5.74) is 1.88. The normalized spacial score (nSPS) is 16.4. The van der Waals surface area contributed by atoms with E-state index in [1.54, 1.807) is 12.1 Å². The second-order valence-electron chi connectivity index (χ2n) is 7.26. The standard InChI is InChI=1S/C21H26N2O3S/c1-16(2)17-8-10-20(11-9-17)27(25,26)23-14-12-18(13-15-23)21(24)22-19-6-4-3-5-7-19/h3-11,16,18H,12-15H2,1-2H3,(H,22,24). The molecule has 0 atom stereocenters. The van der Waals surface area contributed by atoms with Gasteiger partial charge >= 0.3 is 0 Å². The van der Waals surface area contributed by atoms with Crippen LogP contribution in [-0.2, 0) is 14.8 Å². The van der Waals surface area contributed by atoms with Crippen molar-refractivity contribution in [3.8, 4) is 0 Å². The minimum atomic E-state index is -3.51. The Morgan fingerprint density at radius 2 is 1.59 bits per heavy atom. The molecule has 0 spiro atoms. The molecule has 2 aromatic carbocycles. The highest BCUT2D eigenvalue weighted by Gasteiger charge is 2.32. The first-order valence-corrected chi connectivity index (χ1v) is 10.8. The minimum absolute atomic E-state index is 0.0421. The van der Waals surface area contributed by atoms with Crippen LogP contribution >= 0.6 is 0 Å². The molecule has 1 aliphatic rings. The zero-order valence-electron chi connectivity index (χ0n) is 15.8. The molecule has 0 bridgehead atoms. The molecule has 27 heavy (non-hydrogen) atoms. The number of anilines is 1. The number of nitrogens with zero attached hydrogens (tertiary/aromatic N) is 1. The highest BCUT2D eigenvalue weighted by molar-refractivity contribution is 7.89. The van der Waals surface area contributed by atoms with Gasteiger partial charge in [-0.3, -0.25) is 4.79 Å². The summed E-state index contributed by atoms with van der Waals surface area (Å²) in [5, 5.41) is 2.91. The van der Waals surface area contributed by atoms with Crippen molar-refractivity contribution in [3.05, 3.63) is 60.2 Å². The maximum Gasteiger partial charge on any atom is 0.243 e. The molecule has 0 unspecified atom stereocenters. The van der Waals surface area contributed by atoms with Crippen molar-refractivity contribution < 1.29 is 13.2 Å². The van der Waals surface area contributed by atoms with Gasteiger partial charge < -0.3 is 5.32 Å². The number of nitrogens with one attached hydrogen (secondary N) is 1. The Morgan fingerprint density at radius 3 is 2.15 bits per heavy atom. The lowest BCUT2D eigenvalue weighted by Crippen LogP contribution is -2.41. The number of sulfonamides is 1. The van der Waals surface area contributed by atoms with E-state index in [1.807, 2.05) is 42.5 Å². The SMILES string of the molecule is CC(C)c1ccc(S(=O)(=O)N2CCC(C(=O)Nc3ccccc3)CC2)cc1. The van der Waals surface area contributed by atoms with E-state index < -0.39 is 10.0 Å². The van der Waals surface area contributed by atoms with E-state index in [9.17, 15) is 13.2 Å². The number of para-hydroxylation sites is 1. The Labute approximate surface area is 161 Å². The van der Waals surface area contributed by atoms with Crippen LogP contribution in [0.25, 0.3) is 0 Å². The summed E-state index contributed by atoms with van der Waals surface area (Å²) >= 11 is 0. The van der Waals surface area contributed by atoms with E-state index in [4.69, 9.17) is 0 Å². The molecule has 1 aliphatic heterocycles. The number of rotatable bonds is 5. The lowest BCUT2D eigenvalue weighted by molar-refractivity contribution is -0.120. The number of carbonyl (C=O) groups is 1. The van der Waals surface area contributed by atoms with Gasteiger partial charge in [-0.1, -0.05) is 44.2 Å².